The summed E-state index contributed by atoms with van der Waals surface area (Å²) in [5, 5.41) is 0.583. The van der Waals surface area contributed by atoms with Crippen LogP contribution in [0.25, 0.3) is 10.8 Å². The second kappa shape index (κ2) is 10.4. The zero-order chi connectivity index (χ0) is 23.3. The van der Waals surface area contributed by atoms with Crippen molar-refractivity contribution in [2.24, 2.45) is 0 Å². The Bertz CT molecular complexity index is 1180. The minimum Gasteiger partial charge on any atom is -0.462 e. The first-order chi connectivity index (χ1) is 15.4. The number of nitrogens with one attached hydrogen (secondary N) is 1. The lowest BCUT2D eigenvalue weighted by molar-refractivity contribution is 0.0981. The van der Waals surface area contributed by atoms with Gasteiger partial charge in [0.1, 0.15) is 11.5 Å². The van der Waals surface area contributed by atoms with Crippen LogP contribution in [-0.4, -0.2) is 27.0 Å². The smallest absolute Gasteiger partial charge is 0.330 e. The first kappa shape index (κ1) is 23.5. The zero-order valence-corrected chi connectivity index (χ0v) is 19.5. The Morgan fingerprint density at radius 3 is 2.66 bits per heavy atom. The summed E-state index contributed by atoms with van der Waals surface area (Å²) in [5.74, 6) is 0.141. The number of furan rings is 1. The van der Waals surface area contributed by atoms with E-state index in [9.17, 15) is 14.4 Å². The van der Waals surface area contributed by atoms with Gasteiger partial charge in [0.2, 0.25) is 0 Å². The van der Waals surface area contributed by atoms with Gasteiger partial charge in [0, 0.05) is 18.0 Å². The predicted molar refractivity (Wildman–Crippen MR) is 126 cm³/mol. The average molecular weight is 460 g/mol. The van der Waals surface area contributed by atoms with E-state index in [0.717, 1.165) is 25.7 Å². The normalized spacial score (nSPS) is 11.1. The first-order valence-corrected chi connectivity index (χ1v) is 11.7. The monoisotopic (exact) mass is 459 g/mol. The minimum atomic E-state index is -0.677. The maximum absolute atomic E-state index is 13.6. The molecule has 0 saturated heterocycles. The Morgan fingerprint density at radius 2 is 2.00 bits per heavy atom. The highest BCUT2D eigenvalue weighted by Crippen LogP contribution is 2.30. The molecule has 0 bridgehead atoms. The van der Waals surface area contributed by atoms with Gasteiger partial charge >= 0.3 is 5.69 Å². The van der Waals surface area contributed by atoms with Crippen LogP contribution >= 0.6 is 11.3 Å². The van der Waals surface area contributed by atoms with Crippen molar-refractivity contribution in [3.63, 3.8) is 0 Å². The van der Waals surface area contributed by atoms with E-state index in [2.05, 4.69) is 16.9 Å². The number of rotatable bonds is 10. The number of unbranched alkanes of at least 4 members (excludes halogenated alkanes) is 3. The number of thiazole rings is 1. The fourth-order valence-corrected chi connectivity index (χ4v) is 4.31. The number of carbonyl (C=O) groups is 1. The average Bonchev–Trinajstić information content (AvgIpc) is 3.41. The van der Waals surface area contributed by atoms with E-state index in [4.69, 9.17) is 10.2 Å². The van der Waals surface area contributed by atoms with Crippen LogP contribution in [0, 0.1) is 6.92 Å². The van der Waals surface area contributed by atoms with Crippen molar-refractivity contribution in [2.45, 2.75) is 59.4 Å². The lowest BCUT2D eigenvalue weighted by Gasteiger charge is -2.24. The molecule has 3 aromatic rings. The topological polar surface area (TPSA) is 127 Å². The molecule has 0 radical (unpaired) electrons. The summed E-state index contributed by atoms with van der Waals surface area (Å²) in [6.07, 6.45) is 5.63. The van der Waals surface area contributed by atoms with Crippen molar-refractivity contribution in [3.05, 3.63) is 49.8 Å². The van der Waals surface area contributed by atoms with Crippen LogP contribution in [0.3, 0.4) is 0 Å². The number of aromatic amines is 1. The number of carbonyl (C=O) groups excluding carboxylic acids is 1. The molecule has 1 amide bonds. The van der Waals surface area contributed by atoms with E-state index in [0.29, 0.717) is 35.2 Å². The Labute approximate surface area is 189 Å². The van der Waals surface area contributed by atoms with Gasteiger partial charge in [-0.05, 0) is 31.9 Å². The van der Waals surface area contributed by atoms with E-state index >= 15 is 0 Å². The lowest BCUT2D eigenvalue weighted by atomic mass is 10.2. The van der Waals surface area contributed by atoms with Crippen molar-refractivity contribution in [2.75, 3.05) is 17.2 Å². The number of nitrogens with zero attached hydrogens (tertiary/aromatic N) is 3. The van der Waals surface area contributed by atoms with Crippen LogP contribution in [0.4, 0.5) is 11.5 Å². The van der Waals surface area contributed by atoms with Gasteiger partial charge in [0.05, 0.1) is 6.26 Å². The fourth-order valence-electron chi connectivity index (χ4n) is 3.44. The lowest BCUT2D eigenvalue weighted by Crippen LogP contribution is -2.42. The third-order valence-corrected chi connectivity index (χ3v) is 6.17. The predicted octanol–water partition coefficient (Wildman–Crippen LogP) is 3.78. The Kier molecular flexibility index (Phi) is 7.68. The molecule has 3 aromatic heterocycles. The summed E-state index contributed by atoms with van der Waals surface area (Å²) in [7, 11) is 0. The quantitative estimate of drug-likeness (QED) is 0.444. The summed E-state index contributed by atoms with van der Waals surface area (Å²) in [4.78, 5) is 47.6. The highest BCUT2D eigenvalue weighted by Gasteiger charge is 2.28. The van der Waals surface area contributed by atoms with Gasteiger partial charge < -0.3 is 10.2 Å². The molecular weight excluding hydrogens is 430 g/mol. The van der Waals surface area contributed by atoms with Gasteiger partial charge in [-0.3, -0.25) is 24.0 Å². The Morgan fingerprint density at radius 1 is 1.25 bits per heavy atom. The maximum Gasteiger partial charge on any atom is 0.330 e. The van der Waals surface area contributed by atoms with Crippen LogP contribution in [0.5, 0.6) is 0 Å². The SMILES string of the molecule is CCCCCN(C(=O)c1nc(-c2ccco2)sc1C)c1c(N)n(CCCC)c(=O)[nH]c1=O. The Balaban J connectivity index is 2.07. The van der Waals surface area contributed by atoms with E-state index in [1.165, 1.54) is 20.8 Å². The van der Waals surface area contributed by atoms with Gasteiger partial charge in [0.15, 0.2) is 16.5 Å². The molecule has 3 rings (SSSR count). The third kappa shape index (κ3) is 4.85. The van der Waals surface area contributed by atoms with E-state index < -0.39 is 17.2 Å². The van der Waals surface area contributed by atoms with E-state index in [1.807, 2.05) is 6.92 Å². The molecule has 3 N–H and O–H groups in total. The molecule has 0 fully saturated rings. The summed E-state index contributed by atoms with van der Waals surface area (Å²) in [6.45, 7) is 6.51. The molecule has 172 valence electrons. The molecule has 0 saturated carbocycles. The van der Waals surface area contributed by atoms with E-state index in [-0.39, 0.29) is 17.2 Å². The molecule has 9 nitrogen and oxygen atoms in total. The van der Waals surface area contributed by atoms with E-state index in [1.54, 1.807) is 25.3 Å². The highest BCUT2D eigenvalue weighted by molar-refractivity contribution is 7.15. The fraction of sp³-hybridized carbons (Fsp3) is 0.455. The van der Waals surface area contributed by atoms with Gasteiger partial charge in [-0.1, -0.05) is 33.1 Å². The van der Waals surface area contributed by atoms with Gasteiger partial charge in [-0.2, -0.15) is 0 Å². The number of nitrogens with two attached hydrogens (primary N) is 1. The molecule has 0 aliphatic heterocycles. The van der Waals surface area contributed by atoms with Crippen LogP contribution in [0.1, 0.15) is 61.3 Å². The molecule has 10 heteroatoms. The largest absolute Gasteiger partial charge is 0.462 e. The molecule has 0 unspecified atom stereocenters. The number of hydrogen-bond donors (Lipinski definition) is 2. The number of aromatic nitrogens is 3. The number of H-pyrrole nitrogens is 1. The first-order valence-electron chi connectivity index (χ1n) is 10.8. The molecule has 32 heavy (non-hydrogen) atoms. The molecule has 0 aliphatic rings. The molecule has 0 atom stereocenters. The van der Waals surface area contributed by atoms with Crippen molar-refractivity contribution >= 4 is 28.7 Å². The molecule has 0 spiro atoms. The molecule has 3 heterocycles. The van der Waals surface area contributed by atoms with Crippen molar-refractivity contribution in [3.8, 4) is 10.8 Å². The van der Waals surface area contributed by atoms with Gasteiger partial charge in [-0.25, -0.2) is 9.78 Å². The van der Waals surface area contributed by atoms with Crippen LogP contribution < -0.4 is 21.9 Å². The number of amides is 1. The van der Waals surface area contributed by atoms with Crippen molar-refractivity contribution < 1.29 is 9.21 Å². The van der Waals surface area contributed by atoms with Gasteiger partial charge in [0.25, 0.3) is 11.5 Å². The van der Waals surface area contributed by atoms with Crippen LogP contribution in [0.15, 0.2) is 32.4 Å². The standard InChI is InChI=1S/C22H29N5O4S/c1-4-6-8-12-26(17-18(23)27(11-7-5-2)22(30)25-19(17)28)21(29)16-14(3)32-20(24-16)15-10-9-13-31-15/h9-10,13H,4-8,11-12,23H2,1-3H3,(H,25,28,30). The second-order valence-corrected chi connectivity index (χ2v) is 8.77. The number of aryl methyl sites for hydroxylation is 1. The molecule has 0 aliphatic carbocycles. The summed E-state index contributed by atoms with van der Waals surface area (Å²) < 4.78 is 6.73. The minimum absolute atomic E-state index is 0.00353. The zero-order valence-electron chi connectivity index (χ0n) is 18.6. The van der Waals surface area contributed by atoms with Crippen molar-refractivity contribution in [1.82, 2.24) is 14.5 Å². The highest BCUT2D eigenvalue weighted by atomic mass is 32.1. The Hall–Kier alpha value is -3.14. The molecule has 0 aromatic carbocycles. The van der Waals surface area contributed by atoms with Gasteiger partial charge in [-0.15, -0.1) is 11.3 Å². The summed E-state index contributed by atoms with van der Waals surface area (Å²) in [5.41, 5.74) is 5.27. The summed E-state index contributed by atoms with van der Waals surface area (Å²) >= 11 is 1.34. The second-order valence-electron chi connectivity index (χ2n) is 7.56. The summed E-state index contributed by atoms with van der Waals surface area (Å²) in [6, 6.07) is 3.53. The van der Waals surface area contributed by atoms with Crippen LogP contribution in [-0.2, 0) is 6.54 Å². The maximum atomic E-state index is 13.6. The number of nitrogen functional groups attached to an aromatic ring is 1. The molecular formula is C22H29N5O4S. The third-order valence-electron chi connectivity index (χ3n) is 5.18. The van der Waals surface area contributed by atoms with Crippen LogP contribution in [0.2, 0.25) is 0 Å². The van der Waals surface area contributed by atoms with Crippen molar-refractivity contribution in [1.29, 1.82) is 0 Å². The number of hydrogen-bond acceptors (Lipinski definition) is 7. The number of anilines is 2.